The van der Waals surface area contributed by atoms with Crippen LogP contribution in [0.4, 0.5) is 32.6 Å². The van der Waals surface area contributed by atoms with E-state index >= 15 is 4.39 Å². The molecule has 0 spiro atoms. The first-order chi connectivity index (χ1) is 23.9. The number of carbonyl (C=O) groups excluding carboxylic acids is 1. The van der Waals surface area contributed by atoms with Crippen LogP contribution < -0.4 is 25.0 Å². The molecule has 7 rings (SSSR count). The summed E-state index contributed by atoms with van der Waals surface area (Å²) in [4.78, 5) is 29.5. The topological polar surface area (TPSA) is 114 Å². The minimum Gasteiger partial charge on any atom is -0.461 e. The van der Waals surface area contributed by atoms with Gasteiger partial charge in [-0.2, -0.15) is 23.1 Å². The van der Waals surface area contributed by atoms with Crippen molar-refractivity contribution in [3.05, 3.63) is 34.7 Å². The van der Waals surface area contributed by atoms with Crippen molar-refractivity contribution in [3.63, 3.8) is 0 Å². The molecule has 2 N–H and O–H groups in total. The summed E-state index contributed by atoms with van der Waals surface area (Å²) in [6.07, 6.45) is -1.69. The van der Waals surface area contributed by atoms with Gasteiger partial charge in [-0.05, 0) is 58.3 Å². The van der Waals surface area contributed by atoms with Crippen LogP contribution in [0.2, 0.25) is 5.02 Å². The van der Waals surface area contributed by atoms with Crippen LogP contribution in [-0.4, -0.2) is 103 Å². The maximum Gasteiger partial charge on any atom is 0.513 e. The molecule has 0 saturated carbocycles. The molecular formula is C33H37ClF5N7O4. The highest BCUT2D eigenvalue weighted by atomic mass is 35.5. The highest BCUT2D eigenvalue weighted by Gasteiger charge is 2.49. The van der Waals surface area contributed by atoms with E-state index in [0.29, 0.717) is 44.8 Å². The molecule has 0 radical (unpaired) electrons. The highest BCUT2D eigenvalue weighted by Crippen LogP contribution is 2.45. The standard InChI is InChI=1S/C33H37ClF5N7O4/c1-40-7-3-9-48-31(47)50-21-10-22(25(24(34)11-21)33(37,38)39)27-26(36)28-23(13-41-27)29(45-15-19-4-5-20(16-45)42-19)44-30(43-28)49-17-32-6-2-8-46(32)14-18(35)12-32/h10-11,13,18-20,40,42H,2-9,12,14-17H2,1H3/t18-,19?,20?,32?/m1/s1. The van der Waals surface area contributed by atoms with Crippen molar-refractivity contribution in [1.82, 2.24) is 30.5 Å². The molecule has 4 saturated heterocycles. The fraction of sp³-hybridized carbons (Fsp3) is 0.576. The number of rotatable bonds is 10. The molecule has 0 aliphatic carbocycles. The average molecular weight is 726 g/mol. The fourth-order valence-corrected chi connectivity index (χ4v) is 8.09. The van der Waals surface area contributed by atoms with Gasteiger partial charge in [0.25, 0.3) is 0 Å². The van der Waals surface area contributed by atoms with Crippen molar-refractivity contribution in [2.45, 2.75) is 68.5 Å². The highest BCUT2D eigenvalue weighted by molar-refractivity contribution is 6.32. The summed E-state index contributed by atoms with van der Waals surface area (Å²) in [5, 5.41) is 5.77. The van der Waals surface area contributed by atoms with E-state index in [1.807, 2.05) is 4.90 Å². The Balaban J connectivity index is 1.29. The normalized spacial score (nSPS) is 24.9. The number of fused-ring (bicyclic) bond motifs is 4. The molecule has 3 aromatic rings. The van der Waals surface area contributed by atoms with Crippen molar-refractivity contribution in [2.24, 2.45) is 0 Å². The lowest BCUT2D eigenvalue weighted by Gasteiger charge is -2.34. The van der Waals surface area contributed by atoms with Crippen LogP contribution >= 0.6 is 11.6 Å². The van der Waals surface area contributed by atoms with Gasteiger partial charge in [0.15, 0.2) is 5.82 Å². The third kappa shape index (κ3) is 6.86. The van der Waals surface area contributed by atoms with E-state index in [2.05, 4.69) is 30.5 Å². The van der Waals surface area contributed by atoms with Gasteiger partial charge in [0, 0.05) is 56.0 Å². The quantitative estimate of drug-likeness (QED) is 0.119. The number of carbonyl (C=O) groups is 1. The summed E-state index contributed by atoms with van der Waals surface area (Å²) in [7, 11) is 1.72. The summed E-state index contributed by atoms with van der Waals surface area (Å²) < 4.78 is 90.8. The van der Waals surface area contributed by atoms with E-state index in [9.17, 15) is 22.4 Å². The second-order valence-electron chi connectivity index (χ2n) is 13.4. The molecule has 0 amide bonds. The Kier molecular flexibility index (Phi) is 9.65. The Morgan fingerprint density at radius 2 is 1.96 bits per heavy atom. The summed E-state index contributed by atoms with van der Waals surface area (Å²) >= 11 is 6.11. The number of hydrogen-bond acceptors (Lipinski definition) is 11. The number of nitrogens with zero attached hydrogens (tertiary/aromatic N) is 5. The summed E-state index contributed by atoms with van der Waals surface area (Å²) in [6, 6.07) is 1.84. The van der Waals surface area contributed by atoms with E-state index in [1.165, 1.54) is 6.20 Å². The van der Waals surface area contributed by atoms with Crippen molar-refractivity contribution in [3.8, 4) is 23.0 Å². The van der Waals surface area contributed by atoms with Gasteiger partial charge >= 0.3 is 18.3 Å². The van der Waals surface area contributed by atoms with Gasteiger partial charge in [0.05, 0.1) is 28.1 Å². The fourth-order valence-electron chi connectivity index (χ4n) is 7.78. The Hall–Kier alpha value is -3.60. The molecule has 1 aromatic carbocycles. The molecule has 4 atom stereocenters. The van der Waals surface area contributed by atoms with E-state index in [1.54, 1.807) is 7.05 Å². The van der Waals surface area contributed by atoms with Crippen LogP contribution in [0.5, 0.6) is 11.8 Å². The lowest BCUT2D eigenvalue weighted by atomic mass is 9.95. The Morgan fingerprint density at radius 1 is 1.18 bits per heavy atom. The van der Waals surface area contributed by atoms with E-state index in [0.717, 1.165) is 44.4 Å². The molecule has 6 heterocycles. The summed E-state index contributed by atoms with van der Waals surface area (Å²) in [5.41, 5.74) is -3.69. The van der Waals surface area contributed by atoms with Crippen LogP contribution in [0.25, 0.3) is 22.2 Å². The van der Waals surface area contributed by atoms with Gasteiger partial charge in [-0.3, -0.25) is 9.88 Å². The number of pyridine rings is 1. The minimum atomic E-state index is -5.03. The zero-order valence-electron chi connectivity index (χ0n) is 27.3. The molecule has 2 bridgehead atoms. The number of piperazine rings is 1. The van der Waals surface area contributed by atoms with Gasteiger partial charge in [-0.1, -0.05) is 11.6 Å². The van der Waals surface area contributed by atoms with E-state index < -0.39 is 57.5 Å². The van der Waals surface area contributed by atoms with E-state index in [-0.39, 0.29) is 42.2 Å². The zero-order chi connectivity index (χ0) is 35.2. The monoisotopic (exact) mass is 725 g/mol. The number of hydrogen-bond donors (Lipinski definition) is 2. The van der Waals surface area contributed by atoms with Gasteiger partial charge in [-0.15, -0.1) is 0 Å². The Labute approximate surface area is 289 Å². The largest absolute Gasteiger partial charge is 0.513 e. The maximum atomic E-state index is 16.7. The third-order valence-electron chi connectivity index (χ3n) is 9.99. The first-order valence-corrected chi connectivity index (χ1v) is 17.1. The Bertz CT molecular complexity index is 1760. The predicted octanol–water partition coefficient (Wildman–Crippen LogP) is 5.52. The zero-order valence-corrected chi connectivity index (χ0v) is 28.0. The van der Waals surface area contributed by atoms with Crippen LogP contribution in [0.15, 0.2) is 18.3 Å². The SMILES string of the molecule is CNCCCOC(=O)Oc1cc(Cl)c(C(F)(F)F)c(-c2ncc3c(N4CC5CCC(C4)N5)nc(OCC45CCCN4C[C@H](F)C5)nc3c2F)c1. The molecular weight excluding hydrogens is 689 g/mol. The molecule has 50 heavy (non-hydrogen) atoms. The van der Waals surface area contributed by atoms with Crippen molar-refractivity contribution >= 4 is 34.5 Å². The van der Waals surface area contributed by atoms with E-state index in [4.69, 9.17) is 25.8 Å². The van der Waals surface area contributed by atoms with Gasteiger partial charge < -0.3 is 29.7 Å². The second kappa shape index (κ2) is 13.8. The van der Waals surface area contributed by atoms with Crippen LogP contribution in [0, 0.1) is 5.82 Å². The number of alkyl halides is 4. The molecule has 17 heteroatoms. The lowest BCUT2D eigenvalue weighted by molar-refractivity contribution is -0.137. The van der Waals surface area contributed by atoms with Gasteiger partial charge in [0.1, 0.15) is 35.6 Å². The lowest BCUT2D eigenvalue weighted by Crippen LogP contribution is -2.51. The van der Waals surface area contributed by atoms with Crippen molar-refractivity contribution in [1.29, 1.82) is 0 Å². The molecule has 4 aliphatic rings. The predicted molar refractivity (Wildman–Crippen MR) is 174 cm³/mol. The third-order valence-corrected chi connectivity index (χ3v) is 10.3. The van der Waals surface area contributed by atoms with Gasteiger partial charge in [-0.25, -0.2) is 13.6 Å². The minimum absolute atomic E-state index is 0.00369. The van der Waals surface area contributed by atoms with Crippen LogP contribution in [0.3, 0.4) is 0 Å². The molecule has 4 fully saturated rings. The average Bonchev–Trinajstić information content (AvgIpc) is 3.71. The summed E-state index contributed by atoms with van der Waals surface area (Å²) in [5.74, 6) is -1.23. The first-order valence-electron chi connectivity index (χ1n) is 16.7. The maximum absolute atomic E-state index is 16.7. The number of anilines is 1. The Morgan fingerprint density at radius 3 is 2.70 bits per heavy atom. The first kappa shape index (κ1) is 34.8. The molecule has 270 valence electrons. The number of aromatic nitrogens is 3. The number of nitrogens with one attached hydrogen (secondary N) is 2. The molecule has 11 nitrogen and oxygen atoms in total. The van der Waals surface area contributed by atoms with Crippen molar-refractivity contribution < 1.29 is 41.0 Å². The van der Waals surface area contributed by atoms with Gasteiger partial charge in [0.2, 0.25) is 0 Å². The number of ether oxygens (including phenoxy) is 3. The number of benzene rings is 1. The van der Waals surface area contributed by atoms with Crippen LogP contribution in [-0.2, 0) is 10.9 Å². The van der Waals surface area contributed by atoms with Crippen LogP contribution in [0.1, 0.15) is 44.1 Å². The molecule has 3 unspecified atom stereocenters. The summed E-state index contributed by atoms with van der Waals surface area (Å²) in [6.45, 7) is 2.79. The van der Waals surface area contributed by atoms with Crippen molar-refractivity contribution in [2.75, 3.05) is 57.9 Å². The number of halogens is 6. The smallest absolute Gasteiger partial charge is 0.461 e. The second-order valence-corrected chi connectivity index (χ2v) is 13.8. The molecule has 4 aliphatic heterocycles. The molecule has 2 aromatic heterocycles.